The molecule has 0 amide bonds. The lowest BCUT2D eigenvalue weighted by Gasteiger charge is -2.27. The minimum absolute atomic E-state index is 0.288. The summed E-state index contributed by atoms with van der Waals surface area (Å²) in [6.45, 7) is 6.48. The Bertz CT molecular complexity index is 470. The fourth-order valence-corrected chi connectivity index (χ4v) is 2.61. The van der Waals surface area contributed by atoms with E-state index in [1.807, 2.05) is 13.0 Å². The Balaban J connectivity index is 2.21. The fourth-order valence-electron chi connectivity index (χ4n) is 2.51. The summed E-state index contributed by atoms with van der Waals surface area (Å²) in [5.41, 5.74) is 7.43. The van der Waals surface area contributed by atoms with Gasteiger partial charge in [0.05, 0.1) is 0 Å². The topological polar surface area (TPSA) is 63.8 Å². The van der Waals surface area contributed by atoms with Gasteiger partial charge in [-0.25, -0.2) is 9.97 Å². The molecule has 0 spiro atoms. The van der Waals surface area contributed by atoms with Crippen molar-refractivity contribution in [3.05, 3.63) is 17.5 Å². The lowest BCUT2D eigenvalue weighted by molar-refractivity contribution is 0.348. The number of nitrogens with two attached hydrogens (primary N) is 1. The summed E-state index contributed by atoms with van der Waals surface area (Å²) >= 11 is 4.97. The molecule has 5 heteroatoms. The molecule has 18 heavy (non-hydrogen) atoms. The monoisotopic (exact) mass is 264 g/mol. The summed E-state index contributed by atoms with van der Waals surface area (Å²) in [5, 5.41) is 3.43. The van der Waals surface area contributed by atoms with E-state index < -0.39 is 0 Å². The quantitative estimate of drug-likeness (QED) is 0.821. The first-order chi connectivity index (χ1) is 8.38. The van der Waals surface area contributed by atoms with Crippen molar-refractivity contribution in [2.75, 3.05) is 5.32 Å². The number of thiocarbonyl (C=S) groups is 1. The number of anilines is 1. The third kappa shape index (κ3) is 2.77. The predicted octanol–water partition coefficient (Wildman–Crippen LogP) is 2.41. The summed E-state index contributed by atoms with van der Waals surface area (Å²) < 4.78 is 0. The van der Waals surface area contributed by atoms with Crippen LogP contribution >= 0.6 is 12.2 Å². The maximum Gasteiger partial charge on any atom is 0.223 e. The number of nitrogens with one attached hydrogen (secondary N) is 1. The third-order valence-corrected chi connectivity index (χ3v) is 3.88. The van der Waals surface area contributed by atoms with Crippen molar-refractivity contribution in [2.24, 2.45) is 11.1 Å². The van der Waals surface area contributed by atoms with Crippen LogP contribution in [0.15, 0.2) is 6.07 Å². The van der Waals surface area contributed by atoms with Gasteiger partial charge < -0.3 is 11.1 Å². The average molecular weight is 264 g/mol. The lowest BCUT2D eigenvalue weighted by Crippen LogP contribution is -2.32. The SMILES string of the molecule is Cc1cc(C(N)=S)nc(NC2CCCC2(C)C)n1. The zero-order valence-electron chi connectivity index (χ0n) is 11.2. The molecular weight excluding hydrogens is 244 g/mol. The molecule has 4 nitrogen and oxygen atoms in total. The van der Waals surface area contributed by atoms with Crippen LogP contribution in [0.25, 0.3) is 0 Å². The predicted molar refractivity (Wildman–Crippen MR) is 77.7 cm³/mol. The molecule has 1 aliphatic carbocycles. The number of hydrogen-bond donors (Lipinski definition) is 2. The summed E-state index contributed by atoms with van der Waals surface area (Å²) in [6, 6.07) is 2.23. The molecule has 0 radical (unpaired) electrons. The van der Waals surface area contributed by atoms with Crippen LogP contribution in [-0.2, 0) is 0 Å². The number of rotatable bonds is 3. The Kier molecular flexibility index (Phi) is 3.52. The molecule has 1 aliphatic rings. The van der Waals surface area contributed by atoms with Crippen molar-refractivity contribution in [3.63, 3.8) is 0 Å². The minimum Gasteiger partial charge on any atom is -0.388 e. The number of nitrogens with zero attached hydrogens (tertiary/aromatic N) is 2. The van der Waals surface area contributed by atoms with Gasteiger partial charge in [-0.3, -0.25) is 0 Å². The van der Waals surface area contributed by atoms with Gasteiger partial charge in [0.15, 0.2) is 0 Å². The van der Waals surface area contributed by atoms with Gasteiger partial charge in [0, 0.05) is 11.7 Å². The molecule has 1 saturated carbocycles. The molecule has 98 valence electrons. The summed E-state index contributed by atoms with van der Waals surface area (Å²) in [4.78, 5) is 9.10. The van der Waals surface area contributed by atoms with E-state index >= 15 is 0 Å². The first-order valence-electron chi connectivity index (χ1n) is 6.30. The van der Waals surface area contributed by atoms with Crippen LogP contribution in [0.5, 0.6) is 0 Å². The van der Waals surface area contributed by atoms with E-state index in [0.717, 1.165) is 12.1 Å². The third-order valence-electron chi connectivity index (χ3n) is 3.67. The van der Waals surface area contributed by atoms with Gasteiger partial charge in [0.2, 0.25) is 5.95 Å². The lowest BCUT2D eigenvalue weighted by atomic mass is 9.87. The molecule has 0 aliphatic heterocycles. The van der Waals surface area contributed by atoms with Crippen molar-refractivity contribution in [1.82, 2.24) is 9.97 Å². The van der Waals surface area contributed by atoms with Crippen LogP contribution in [-0.4, -0.2) is 21.0 Å². The maximum absolute atomic E-state index is 5.63. The minimum atomic E-state index is 0.288. The normalized spacial score (nSPS) is 21.8. The second kappa shape index (κ2) is 4.80. The molecule has 1 heterocycles. The van der Waals surface area contributed by atoms with Crippen molar-refractivity contribution in [2.45, 2.75) is 46.1 Å². The second-order valence-electron chi connectivity index (χ2n) is 5.66. The Hall–Kier alpha value is -1.23. The van der Waals surface area contributed by atoms with E-state index in [4.69, 9.17) is 18.0 Å². The molecule has 3 N–H and O–H groups in total. The highest BCUT2D eigenvalue weighted by atomic mass is 32.1. The van der Waals surface area contributed by atoms with Crippen LogP contribution < -0.4 is 11.1 Å². The molecular formula is C13H20N4S. The van der Waals surface area contributed by atoms with Crippen molar-refractivity contribution < 1.29 is 0 Å². The smallest absolute Gasteiger partial charge is 0.223 e. The highest BCUT2D eigenvalue weighted by Crippen LogP contribution is 2.38. The number of aromatic nitrogens is 2. The van der Waals surface area contributed by atoms with Gasteiger partial charge in [0.25, 0.3) is 0 Å². The second-order valence-corrected chi connectivity index (χ2v) is 6.10. The number of hydrogen-bond acceptors (Lipinski definition) is 4. The molecule has 1 fully saturated rings. The van der Waals surface area contributed by atoms with Gasteiger partial charge in [-0.05, 0) is 31.2 Å². The summed E-state index contributed by atoms with van der Waals surface area (Å²) in [5.74, 6) is 0.637. The molecule has 1 aromatic heterocycles. The highest BCUT2D eigenvalue weighted by molar-refractivity contribution is 7.80. The highest BCUT2D eigenvalue weighted by Gasteiger charge is 2.34. The summed E-state index contributed by atoms with van der Waals surface area (Å²) in [7, 11) is 0. The van der Waals surface area contributed by atoms with E-state index in [1.54, 1.807) is 0 Å². The zero-order valence-corrected chi connectivity index (χ0v) is 12.0. The maximum atomic E-state index is 5.63. The van der Waals surface area contributed by atoms with Gasteiger partial charge >= 0.3 is 0 Å². The fraction of sp³-hybridized carbons (Fsp3) is 0.615. The van der Waals surface area contributed by atoms with E-state index in [-0.39, 0.29) is 5.41 Å². The molecule has 1 unspecified atom stereocenters. The zero-order chi connectivity index (χ0) is 13.3. The molecule has 1 atom stereocenters. The van der Waals surface area contributed by atoms with E-state index in [0.29, 0.717) is 22.7 Å². The van der Waals surface area contributed by atoms with E-state index in [9.17, 15) is 0 Å². The van der Waals surface area contributed by atoms with Crippen LogP contribution in [0.3, 0.4) is 0 Å². The Morgan fingerprint density at radius 3 is 2.78 bits per heavy atom. The van der Waals surface area contributed by atoms with Crippen LogP contribution in [0.4, 0.5) is 5.95 Å². The Morgan fingerprint density at radius 1 is 1.50 bits per heavy atom. The van der Waals surface area contributed by atoms with Crippen LogP contribution in [0, 0.1) is 12.3 Å². The van der Waals surface area contributed by atoms with Gasteiger partial charge in [-0.1, -0.05) is 32.5 Å². The first kappa shape index (κ1) is 13.2. The molecule has 2 rings (SSSR count). The standard InChI is InChI=1S/C13H20N4S/c1-8-7-9(11(14)18)16-12(15-8)17-10-5-4-6-13(10,2)3/h7,10H,4-6H2,1-3H3,(H2,14,18)(H,15,16,17). The molecule has 0 aromatic carbocycles. The average Bonchev–Trinajstić information content (AvgIpc) is 2.57. The first-order valence-corrected chi connectivity index (χ1v) is 6.71. The molecule has 0 saturated heterocycles. The molecule has 1 aromatic rings. The Morgan fingerprint density at radius 2 is 2.22 bits per heavy atom. The van der Waals surface area contributed by atoms with Crippen LogP contribution in [0.2, 0.25) is 0 Å². The van der Waals surface area contributed by atoms with Crippen molar-refractivity contribution in [1.29, 1.82) is 0 Å². The van der Waals surface area contributed by atoms with Gasteiger partial charge in [0.1, 0.15) is 10.7 Å². The van der Waals surface area contributed by atoms with Crippen molar-refractivity contribution >= 4 is 23.2 Å². The number of aryl methyl sites for hydroxylation is 1. The summed E-state index contributed by atoms with van der Waals surface area (Å²) in [6.07, 6.45) is 3.64. The van der Waals surface area contributed by atoms with Crippen LogP contribution in [0.1, 0.15) is 44.5 Å². The Labute approximate surface area is 113 Å². The van der Waals surface area contributed by atoms with Crippen molar-refractivity contribution in [3.8, 4) is 0 Å². The van der Waals surface area contributed by atoms with E-state index in [2.05, 4.69) is 29.1 Å². The molecule has 0 bridgehead atoms. The van der Waals surface area contributed by atoms with E-state index in [1.165, 1.54) is 12.8 Å². The van der Waals surface area contributed by atoms with Gasteiger partial charge in [-0.15, -0.1) is 0 Å². The van der Waals surface area contributed by atoms with Gasteiger partial charge in [-0.2, -0.15) is 0 Å². The largest absolute Gasteiger partial charge is 0.388 e.